The first-order valence-electron chi connectivity index (χ1n) is 6.60. The molecule has 1 heterocycles. The van der Waals surface area contributed by atoms with E-state index in [0.717, 1.165) is 19.1 Å². The third-order valence-electron chi connectivity index (χ3n) is 3.21. The van der Waals surface area contributed by atoms with E-state index in [1.165, 1.54) is 12.8 Å². The number of ether oxygens (including phenoxy) is 1. The summed E-state index contributed by atoms with van der Waals surface area (Å²) in [7, 11) is 1.95. The molecule has 1 aromatic heterocycles. The molecule has 0 atom stereocenters. The SMILES string of the molecule is CN(CCOCC1CC1)Cc1ncccc1C(=O)O. The second-order valence-corrected chi connectivity index (χ2v) is 5.06. The van der Waals surface area contributed by atoms with Crippen LogP contribution in [0.5, 0.6) is 0 Å². The molecule has 1 saturated carbocycles. The number of aromatic carboxylic acids is 1. The number of carboxylic acid groups (broad SMARTS) is 1. The van der Waals surface area contributed by atoms with Gasteiger partial charge in [0.05, 0.1) is 17.9 Å². The molecule has 1 aromatic rings. The van der Waals surface area contributed by atoms with Gasteiger partial charge in [0.2, 0.25) is 0 Å². The molecule has 1 aliphatic rings. The number of hydrogen-bond acceptors (Lipinski definition) is 4. The zero-order valence-corrected chi connectivity index (χ0v) is 11.2. The molecule has 0 unspecified atom stereocenters. The molecule has 5 heteroatoms. The molecule has 1 fully saturated rings. The third-order valence-corrected chi connectivity index (χ3v) is 3.21. The summed E-state index contributed by atoms with van der Waals surface area (Å²) in [5, 5.41) is 9.08. The number of likely N-dealkylation sites (N-methyl/N-ethyl adjacent to an activating group) is 1. The lowest BCUT2D eigenvalue weighted by molar-refractivity contribution is 0.0693. The molecule has 0 amide bonds. The molecule has 0 spiro atoms. The number of aromatic nitrogens is 1. The lowest BCUT2D eigenvalue weighted by Gasteiger charge is -2.17. The van der Waals surface area contributed by atoms with Gasteiger partial charge in [0, 0.05) is 25.9 Å². The average Bonchev–Trinajstić information content (AvgIpc) is 3.19. The summed E-state index contributed by atoms with van der Waals surface area (Å²) in [5.41, 5.74) is 0.868. The van der Waals surface area contributed by atoms with Crippen LogP contribution in [0.15, 0.2) is 18.3 Å². The third kappa shape index (κ3) is 4.61. The van der Waals surface area contributed by atoms with Gasteiger partial charge in [0.15, 0.2) is 0 Å². The second-order valence-electron chi connectivity index (χ2n) is 5.06. The van der Waals surface area contributed by atoms with Crippen molar-refractivity contribution in [3.8, 4) is 0 Å². The summed E-state index contributed by atoms with van der Waals surface area (Å²) < 4.78 is 5.57. The Hall–Kier alpha value is -1.46. The number of nitrogens with zero attached hydrogens (tertiary/aromatic N) is 2. The van der Waals surface area contributed by atoms with Crippen LogP contribution in [0.3, 0.4) is 0 Å². The minimum absolute atomic E-state index is 0.272. The molecule has 1 N–H and O–H groups in total. The summed E-state index contributed by atoms with van der Waals surface area (Å²) >= 11 is 0. The van der Waals surface area contributed by atoms with Gasteiger partial charge in [0.25, 0.3) is 0 Å². The Kier molecular flexibility index (Phi) is 4.87. The van der Waals surface area contributed by atoms with Crippen LogP contribution in [0.25, 0.3) is 0 Å². The van der Waals surface area contributed by atoms with Gasteiger partial charge in [-0.1, -0.05) is 0 Å². The van der Waals surface area contributed by atoms with E-state index in [1.54, 1.807) is 18.3 Å². The Morgan fingerprint density at radius 3 is 3.05 bits per heavy atom. The van der Waals surface area contributed by atoms with Crippen LogP contribution in [0.1, 0.15) is 28.9 Å². The van der Waals surface area contributed by atoms with Crippen LogP contribution in [0.2, 0.25) is 0 Å². The maximum atomic E-state index is 11.1. The first kappa shape index (κ1) is 14.0. The standard InChI is InChI=1S/C14H20N2O3/c1-16(7-8-19-10-11-4-5-11)9-13-12(14(17)18)3-2-6-15-13/h2-3,6,11H,4-5,7-10H2,1H3,(H,17,18). The van der Waals surface area contributed by atoms with E-state index in [0.29, 0.717) is 18.8 Å². The minimum Gasteiger partial charge on any atom is -0.478 e. The molecule has 0 radical (unpaired) electrons. The number of carboxylic acids is 1. The van der Waals surface area contributed by atoms with Crippen LogP contribution in [0.4, 0.5) is 0 Å². The summed E-state index contributed by atoms with van der Waals surface area (Å²) in [4.78, 5) is 17.2. The fourth-order valence-electron chi connectivity index (χ4n) is 1.85. The van der Waals surface area contributed by atoms with Crippen molar-refractivity contribution >= 4 is 5.97 Å². The van der Waals surface area contributed by atoms with Crippen LogP contribution < -0.4 is 0 Å². The van der Waals surface area contributed by atoms with Gasteiger partial charge in [-0.3, -0.25) is 9.88 Å². The molecule has 0 aromatic carbocycles. The van der Waals surface area contributed by atoms with Crippen LogP contribution in [-0.4, -0.2) is 47.8 Å². The molecule has 5 nitrogen and oxygen atoms in total. The molecular formula is C14H20N2O3. The lowest BCUT2D eigenvalue weighted by Crippen LogP contribution is -2.24. The Morgan fingerprint density at radius 2 is 2.37 bits per heavy atom. The Bertz CT molecular complexity index is 432. The zero-order chi connectivity index (χ0) is 13.7. The topological polar surface area (TPSA) is 62.7 Å². The van der Waals surface area contributed by atoms with Crippen molar-refractivity contribution in [3.63, 3.8) is 0 Å². The van der Waals surface area contributed by atoms with E-state index >= 15 is 0 Å². The van der Waals surface area contributed by atoms with Crippen molar-refractivity contribution in [2.24, 2.45) is 5.92 Å². The molecule has 19 heavy (non-hydrogen) atoms. The van der Waals surface area contributed by atoms with E-state index in [4.69, 9.17) is 9.84 Å². The van der Waals surface area contributed by atoms with Gasteiger partial charge >= 0.3 is 5.97 Å². The van der Waals surface area contributed by atoms with Gasteiger partial charge < -0.3 is 9.84 Å². The van der Waals surface area contributed by atoms with Gasteiger partial charge in [-0.15, -0.1) is 0 Å². The fraction of sp³-hybridized carbons (Fsp3) is 0.571. The predicted octanol–water partition coefficient (Wildman–Crippen LogP) is 1.64. The average molecular weight is 264 g/mol. The molecule has 104 valence electrons. The van der Waals surface area contributed by atoms with Gasteiger partial charge in [-0.05, 0) is 37.9 Å². The van der Waals surface area contributed by atoms with Crippen molar-refractivity contribution in [1.82, 2.24) is 9.88 Å². The zero-order valence-electron chi connectivity index (χ0n) is 11.2. The van der Waals surface area contributed by atoms with E-state index in [1.807, 2.05) is 11.9 Å². The summed E-state index contributed by atoms with van der Waals surface area (Å²) in [6, 6.07) is 3.23. The van der Waals surface area contributed by atoms with Crippen molar-refractivity contribution < 1.29 is 14.6 Å². The second kappa shape index (κ2) is 6.63. The monoisotopic (exact) mass is 264 g/mol. The maximum absolute atomic E-state index is 11.1. The fourth-order valence-corrected chi connectivity index (χ4v) is 1.85. The first-order chi connectivity index (χ1) is 9.16. The lowest BCUT2D eigenvalue weighted by atomic mass is 10.2. The normalized spacial score (nSPS) is 14.8. The first-order valence-corrected chi connectivity index (χ1v) is 6.60. The van der Waals surface area contributed by atoms with Gasteiger partial charge in [-0.25, -0.2) is 4.79 Å². The number of pyridine rings is 1. The Labute approximate surface area is 113 Å². The Morgan fingerprint density at radius 1 is 1.58 bits per heavy atom. The van der Waals surface area contributed by atoms with Crippen LogP contribution in [-0.2, 0) is 11.3 Å². The highest BCUT2D eigenvalue weighted by atomic mass is 16.5. The van der Waals surface area contributed by atoms with E-state index in [9.17, 15) is 4.79 Å². The van der Waals surface area contributed by atoms with E-state index in [-0.39, 0.29) is 5.56 Å². The number of rotatable bonds is 8. The number of carbonyl (C=O) groups is 1. The number of hydrogen-bond donors (Lipinski definition) is 1. The highest BCUT2D eigenvalue weighted by Gasteiger charge is 2.21. The highest BCUT2D eigenvalue weighted by molar-refractivity contribution is 5.88. The molecule has 2 rings (SSSR count). The van der Waals surface area contributed by atoms with Crippen molar-refractivity contribution in [2.75, 3.05) is 26.8 Å². The molecule has 1 aliphatic carbocycles. The van der Waals surface area contributed by atoms with Crippen LogP contribution >= 0.6 is 0 Å². The van der Waals surface area contributed by atoms with Crippen LogP contribution in [0, 0.1) is 5.92 Å². The molecular weight excluding hydrogens is 244 g/mol. The molecule has 0 aliphatic heterocycles. The quantitative estimate of drug-likeness (QED) is 0.723. The maximum Gasteiger partial charge on any atom is 0.337 e. The largest absolute Gasteiger partial charge is 0.478 e. The van der Waals surface area contributed by atoms with E-state index < -0.39 is 5.97 Å². The van der Waals surface area contributed by atoms with Crippen molar-refractivity contribution in [3.05, 3.63) is 29.6 Å². The smallest absolute Gasteiger partial charge is 0.337 e. The van der Waals surface area contributed by atoms with E-state index in [2.05, 4.69) is 4.98 Å². The minimum atomic E-state index is -0.929. The van der Waals surface area contributed by atoms with Gasteiger partial charge in [0.1, 0.15) is 0 Å². The Balaban J connectivity index is 1.77. The van der Waals surface area contributed by atoms with Crippen molar-refractivity contribution in [2.45, 2.75) is 19.4 Å². The molecule has 0 bridgehead atoms. The predicted molar refractivity (Wildman–Crippen MR) is 71.1 cm³/mol. The van der Waals surface area contributed by atoms with Gasteiger partial charge in [-0.2, -0.15) is 0 Å². The summed E-state index contributed by atoms with van der Waals surface area (Å²) in [6.07, 6.45) is 4.22. The molecule has 0 saturated heterocycles. The van der Waals surface area contributed by atoms with Crippen molar-refractivity contribution in [1.29, 1.82) is 0 Å². The highest BCUT2D eigenvalue weighted by Crippen LogP contribution is 2.28. The summed E-state index contributed by atoms with van der Waals surface area (Å²) in [5.74, 6) is -0.152. The summed E-state index contributed by atoms with van der Waals surface area (Å²) in [6.45, 7) is 2.84.